The molecular formula is C14H12Cl2N6O. The molecule has 0 saturated carbocycles. The molecular weight excluding hydrogens is 339 g/mol. The van der Waals surface area contributed by atoms with E-state index in [9.17, 15) is 4.79 Å². The molecule has 3 N–H and O–H groups in total. The number of aromatic nitrogens is 4. The molecule has 0 unspecified atom stereocenters. The number of carbonyl (C=O) groups excluding carboxylic acids is 1. The Kier molecular flexibility index (Phi) is 3.83. The van der Waals surface area contributed by atoms with Crippen LogP contribution in [0.5, 0.6) is 0 Å². The van der Waals surface area contributed by atoms with Crippen molar-refractivity contribution in [1.82, 2.24) is 19.6 Å². The van der Waals surface area contributed by atoms with E-state index in [-0.39, 0.29) is 21.6 Å². The van der Waals surface area contributed by atoms with Crippen LogP contribution in [0.4, 0.5) is 11.4 Å². The number of benzene rings is 1. The first-order valence-corrected chi connectivity index (χ1v) is 7.37. The van der Waals surface area contributed by atoms with Gasteiger partial charge in [0, 0.05) is 17.1 Å². The number of aryl methyl sites for hydroxylation is 2. The summed E-state index contributed by atoms with van der Waals surface area (Å²) in [5.74, 6) is -0.138. The maximum absolute atomic E-state index is 12.3. The predicted octanol–water partition coefficient (Wildman–Crippen LogP) is 2.88. The number of nitrogens with zero attached hydrogens (tertiary/aromatic N) is 4. The van der Waals surface area contributed by atoms with Crippen LogP contribution in [0.1, 0.15) is 22.0 Å². The van der Waals surface area contributed by atoms with Crippen LogP contribution in [0.2, 0.25) is 10.0 Å². The molecule has 7 nitrogen and oxygen atoms in total. The number of nitrogens with two attached hydrogens (primary N) is 1. The van der Waals surface area contributed by atoms with Gasteiger partial charge in [0.1, 0.15) is 0 Å². The molecule has 2 heterocycles. The molecule has 0 aliphatic carbocycles. The molecule has 23 heavy (non-hydrogen) atoms. The minimum atomic E-state index is -0.496. The van der Waals surface area contributed by atoms with Gasteiger partial charge in [-0.2, -0.15) is 4.98 Å². The van der Waals surface area contributed by atoms with Gasteiger partial charge in [-0.1, -0.05) is 23.2 Å². The monoisotopic (exact) mass is 350 g/mol. The number of halogens is 2. The first-order chi connectivity index (χ1) is 10.8. The van der Waals surface area contributed by atoms with E-state index in [1.165, 1.54) is 16.6 Å². The number of rotatable bonds is 2. The van der Waals surface area contributed by atoms with E-state index in [1.807, 2.05) is 19.9 Å². The molecule has 0 radical (unpaired) electrons. The molecule has 0 fully saturated rings. The van der Waals surface area contributed by atoms with E-state index in [0.717, 1.165) is 11.4 Å². The van der Waals surface area contributed by atoms with Crippen LogP contribution in [0.3, 0.4) is 0 Å². The van der Waals surface area contributed by atoms with E-state index in [0.29, 0.717) is 11.5 Å². The Morgan fingerprint density at radius 2 is 1.83 bits per heavy atom. The number of fused-ring (bicyclic) bond motifs is 1. The average molecular weight is 351 g/mol. The lowest BCUT2D eigenvalue weighted by atomic mass is 10.3. The van der Waals surface area contributed by atoms with E-state index in [1.54, 1.807) is 0 Å². The van der Waals surface area contributed by atoms with Gasteiger partial charge >= 0.3 is 0 Å². The highest BCUT2D eigenvalue weighted by Crippen LogP contribution is 2.31. The molecule has 0 aliphatic rings. The van der Waals surface area contributed by atoms with Crippen LogP contribution in [-0.2, 0) is 0 Å². The number of hydrogen-bond donors (Lipinski definition) is 2. The maximum Gasteiger partial charge on any atom is 0.295 e. The lowest BCUT2D eigenvalue weighted by Crippen LogP contribution is -2.14. The largest absolute Gasteiger partial charge is 0.396 e. The van der Waals surface area contributed by atoms with Gasteiger partial charge in [-0.25, -0.2) is 9.50 Å². The van der Waals surface area contributed by atoms with Crippen molar-refractivity contribution in [3.05, 3.63) is 45.5 Å². The smallest absolute Gasteiger partial charge is 0.295 e. The molecule has 0 atom stereocenters. The van der Waals surface area contributed by atoms with Gasteiger partial charge in [-0.3, -0.25) is 4.79 Å². The summed E-state index contributed by atoms with van der Waals surface area (Å²) in [6, 6.07) is 4.86. The topological polar surface area (TPSA) is 98.2 Å². The number of anilines is 2. The van der Waals surface area contributed by atoms with Crippen molar-refractivity contribution < 1.29 is 4.79 Å². The Hall–Kier alpha value is -2.38. The second-order valence-electron chi connectivity index (χ2n) is 4.99. The van der Waals surface area contributed by atoms with Gasteiger partial charge in [0.25, 0.3) is 11.7 Å². The number of carbonyl (C=O) groups is 1. The summed E-state index contributed by atoms with van der Waals surface area (Å²) >= 11 is 11.9. The van der Waals surface area contributed by atoms with Gasteiger partial charge < -0.3 is 11.1 Å². The zero-order valence-corrected chi connectivity index (χ0v) is 13.8. The predicted molar refractivity (Wildman–Crippen MR) is 89.1 cm³/mol. The van der Waals surface area contributed by atoms with Crippen LogP contribution >= 0.6 is 23.2 Å². The standard InChI is InChI=1S/C14H12Cl2N6O/c1-6-3-7(2)22-14(18-6)20-12(21-22)13(23)19-8-4-9(15)11(17)10(16)5-8/h3-5H,17H2,1-2H3,(H,19,23). The Morgan fingerprint density at radius 3 is 2.48 bits per heavy atom. The van der Waals surface area contributed by atoms with E-state index in [2.05, 4.69) is 20.4 Å². The molecule has 3 aromatic rings. The lowest BCUT2D eigenvalue weighted by molar-refractivity contribution is 0.101. The SMILES string of the molecule is Cc1cc(C)n2nc(C(=O)Nc3cc(Cl)c(N)c(Cl)c3)nc2n1. The van der Waals surface area contributed by atoms with E-state index >= 15 is 0 Å². The molecule has 118 valence electrons. The Bertz CT molecular complexity index is 913. The summed E-state index contributed by atoms with van der Waals surface area (Å²) in [7, 11) is 0. The number of nitrogen functional groups attached to an aromatic ring is 1. The molecule has 2 aromatic heterocycles. The van der Waals surface area contributed by atoms with Crippen molar-refractivity contribution >= 4 is 46.3 Å². The van der Waals surface area contributed by atoms with Crippen molar-refractivity contribution in [3.8, 4) is 0 Å². The van der Waals surface area contributed by atoms with Crippen LogP contribution in [0.25, 0.3) is 5.78 Å². The highest BCUT2D eigenvalue weighted by Gasteiger charge is 2.16. The first-order valence-electron chi connectivity index (χ1n) is 6.62. The third kappa shape index (κ3) is 2.93. The fourth-order valence-corrected chi connectivity index (χ4v) is 2.59. The summed E-state index contributed by atoms with van der Waals surface area (Å²) < 4.78 is 1.50. The molecule has 1 amide bonds. The average Bonchev–Trinajstić information content (AvgIpc) is 2.89. The summed E-state index contributed by atoms with van der Waals surface area (Å²) in [5, 5.41) is 7.29. The van der Waals surface area contributed by atoms with Gasteiger partial charge in [0.15, 0.2) is 0 Å². The zero-order valence-electron chi connectivity index (χ0n) is 12.3. The number of amides is 1. The summed E-state index contributed by atoms with van der Waals surface area (Å²) in [4.78, 5) is 20.7. The van der Waals surface area contributed by atoms with Crippen LogP contribution in [0.15, 0.2) is 18.2 Å². The highest BCUT2D eigenvalue weighted by molar-refractivity contribution is 6.39. The highest BCUT2D eigenvalue weighted by atomic mass is 35.5. The molecule has 0 aliphatic heterocycles. The summed E-state index contributed by atoms with van der Waals surface area (Å²) in [5.41, 5.74) is 7.95. The van der Waals surface area contributed by atoms with Crippen LogP contribution < -0.4 is 11.1 Å². The third-order valence-corrected chi connectivity index (χ3v) is 3.78. The Morgan fingerprint density at radius 1 is 1.17 bits per heavy atom. The van der Waals surface area contributed by atoms with Crippen molar-refractivity contribution in [3.63, 3.8) is 0 Å². The molecule has 0 spiro atoms. The van der Waals surface area contributed by atoms with Crippen molar-refractivity contribution in [2.75, 3.05) is 11.1 Å². The van der Waals surface area contributed by atoms with Gasteiger partial charge in [-0.15, -0.1) is 5.10 Å². The number of nitrogens with one attached hydrogen (secondary N) is 1. The second kappa shape index (κ2) is 5.68. The van der Waals surface area contributed by atoms with E-state index in [4.69, 9.17) is 28.9 Å². The number of hydrogen-bond acceptors (Lipinski definition) is 5. The molecule has 1 aromatic carbocycles. The fourth-order valence-electron chi connectivity index (χ4n) is 2.11. The first kappa shape index (κ1) is 15.5. The maximum atomic E-state index is 12.3. The summed E-state index contributed by atoms with van der Waals surface area (Å²) in [6.45, 7) is 3.71. The Balaban J connectivity index is 1.93. The Labute approximate surface area is 141 Å². The van der Waals surface area contributed by atoms with E-state index < -0.39 is 5.91 Å². The minimum absolute atomic E-state index is 0.00438. The third-order valence-electron chi connectivity index (χ3n) is 3.16. The normalized spacial score (nSPS) is 11.0. The summed E-state index contributed by atoms with van der Waals surface area (Å²) in [6.07, 6.45) is 0. The van der Waals surface area contributed by atoms with Crippen molar-refractivity contribution in [1.29, 1.82) is 0 Å². The lowest BCUT2D eigenvalue weighted by Gasteiger charge is -2.06. The van der Waals surface area contributed by atoms with Crippen LogP contribution in [-0.4, -0.2) is 25.5 Å². The molecule has 0 bridgehead atoms. The quantitative estimate of drug-likeness (QED) is 0.692. The van der Waals surface area contributed by atoms with Gasteiger partial charge in [0.05, 0.1) is 15.7 Å². The van der Waals surface area contributed by atoms with Crippen molar-refractivity contribution in [2.24, 2.45) is 0 Å². The van der Waals surface area contributed by atoms with Gasteiger partial charge in [-0.05, 0) is 32.0 Å². The molecule has 9 heteroatoms. The van der Waals surface area contributed by atoms with Crippen molar-refractivity contribution in [2.45, 2.75) is 13.8 Å². The zero-order chi connectivity index (χ0) is 16.7. The molecule has 0 saturated heterocycles. The van der Waals surface area contributed by atoms with Crippen LogP contribution in [0, 0.1) is 13.8 Å². The second-order valence-corrected chi connectivity index (χ2v) is 5.81. The minimum Gasteiger partial charge on any atom is -0.396 e. The fraction of sp³-hybridized carbons (Fsp3) is 0.143. The van der Waals surface area contributed by atoms with Gasteiger partial charge in [0.2, 0.25) is 5.82 Å². The molecule has 3 rings (SSSR count).